The van der Waals surface area contributed by atoms with Crippen molar-refractivity contribution in [3.05, 3.63) is 53.5 Å². The number of hydrogen-bond acceptors (Lipinski definition) is 5. The third kappa shape index (κ3) is 4.22. The first-order chi connectivity index (χ1) is 13.2. The van der Waals surface area contributed by atoms with Gasteiger partial charge in [-0.05, 0) is 24.3 Å². The van der Waals surface area contributed by atoms with E-state index in [0.717, 1.165) is 6.07 Å². The fraction of sp³-hybridized carbons (Fsp3) is 0.188. The second-order valence-corrected chi connectivity index (χ2v) is 7.56. The van der Waals surface area contributed by atoms with Crippen molar-refractivity contribution in [2.24, 2.45) is 4.40 Å². The van der Waals surface area contributed by atoms with Crippen molar-refractivity contribution in [3.8, 4) is 0 Å². The predicted molar refractivity (Wildman–Crippen MR) is 93.1 cm³/mol. The molecule has 2 aliphatic heterocycles. The Hall–Kier alpha value is -3.15. The monoisotopic (exact) mass is 414 g/mol. The van der Waals surface area contributed by atoms with Crippen LogP contribution in [0, 0.1) is 17.5 Å². The predicted octanol–water partition coefficient (Wildman–Crippen LogP) is 0.656. The number of amidine groups is 1. The summed E-state index contributed by atoms with van der Waals surface area (Å²) in [6.07, 6.45) is 4.07. The van der Waals surface area contributed by atoms with Crippen LogP contribution in [0.2, 0.25) is 0 Å². The summed E-state index contributed by atoms with van der Waals surface area (Å²) in [5.74, 6) is -6.19. The molecule has 2 aliphatic rings. The minimum atomic E-state index is -3.52. The van der Waals surface area contributed by atoms with E-state index in [2.05, 4.69) is 9.71 Å². The first kappa shape index (κ1) is 19.6. The molecule has 3 rings (SSSR count). The van der Waals surface area contributed by atoms with Crippen molar-refractivity contribution in [1.82, 2.24) is 10.2 Å². The Morgan fingerprint density at radius 3 is 2.64 bits per heavy atom. The van der Waals surface area contributed by atoms with E-state index in [4.69, 9.17) is 0 Å². The van der Waals surface area contributed by atoms with Gasteiger partial charge >= 0.3 is 0 Å². The summed E-state index contributed by atoms with van der Waals surface area (Å²) in [6.45, 7) is -0.435. The summed E-state index contributed by atoms with van der Waals surface area (Å²) in [5.41, 5.74) is -0.421. The van der Waals surface area contributed by atoms with Gasteiger partial charge in [0, 0.05) is 12.7 Å². The van der Waals surface area contributed by atoms with Crippen LogP contribution in [0.1, 0.15) is 0 Å². The van der Waals surface area contributed by atoms with Crippen LogP contribution in [0.4, 0.5) is 18.9 Å². The zero-order chi connectivity index (χ0) is 20.5. The van der Waals surface area contributed by atoms with E-state index in [1.54, 1.807) is 0 Å². The van der Waals surface area contributed by atoms with Crippen LogP contribution in [0.5, 0.6) is 0 Å². The third-order valence-electron chi connectivity index (χ3n) is 3.80. The van der Waals surface area contributed by atoms with Crippen molar-refractivity contribution in [2.75, 3.05) is 24.2 Å². The Morgan fingerprint density at radius 2 is 1.89 bits per heavy atom. The molecule has 2 heterocycles. The molecule has 0 radical (unpaired) electrons. The highest BCUT2D eigenvalue weighted by Crippen LogP contribution is 2.19. The number of nitrogens with one attached hydrogen (secondary N) is 2. The number of fused-ring (bicyclic) bond motifs is 1. The van der Waals surface area contributed by atoms with Gasteiger partial charge in [-0.25, -0.2) is 21.6 Å². The number of amides is 2. The minimum absolute atomic E-state index is 0.123. The molecule has 1 aromatic carbocycles. The van der Waals surface area contributed by atoms with Gasteiger partial charge in [-0.15, -0.1) is 4.40 Å². The van der Waals surface area contributed by atoms with Crippen LogP contribution in [0.15, 0.2) is 40.5 Å². The molecule has 0 saturated carbocycles. The largest absolute Gasteiger partial charge is 0.343 e. The van der Waals surface area contributed by atoms with Crippen molar-refractivity contribution in [1.29, 1.82) is 0 Å². The normalized spacial score (nSPS) is 17.3. The summed E-state index contributed by atoms with van der Waals surface area (Å²) >= 11 is 0. The van der Waals surface area contributed by atoms with Crippen molar-refractivity contribution in [2.45, 2.75) is 0 Å². The molecule has 28 heavy (non-hydrogen) atoms. The number of halogens is 3. The molecular formula is C16H13F3N4O4S. The van der Waals surface area contributed by atoms with Gasteiger partial charge in [0.1, 0.15) is 5.84 Å². The van der Waals surface area contributed by atoms with E-state index >= 15 is 0 Å². The molecule has 148 valence electrons. The van der Waals surface area contributed by atoms with Crippen LogP contribution in [0.25, 0.3) is 0 Å². The Morgan fingerprint density at radius 1 is 1.14 bits per heavy atom. The summed E-state index contributed by atoms with van der Waals surface area (Å²) in [4.78, 5) is 25.4. The Labute approximate surface area is 157 Å². The fourth-order valence-corrected chi connectivity index (χ4v) is 3.38. The zero-order valence-electron chi connectivity index (χ0n) is 14.1. The number of carbonyl (C=O) groups is 2. The molecule has 0 atom stereocenters. The van der Waals surface area contributed by atoms with Gasteiger partial charge in [0.25, 0.3) is 15.9 Å². The lowest BCUT2D eigenvalue weighted by Gasteiger charge is -2.26. The molecule has 0 fully saturated rings. The average molecular weight is 414 g/mol. The van der Waals surface area contributed by atoms with Gasteiger partial charge in [0.15, 0.2) is 17.5 Å². The minimum Gasteiger partial charge on any atom is -0.343 e. The average Bonchev–Trinajstić information content (AvgIpc) is 2.65. The van der Waals surface area contributed by atoms with Gasteiger partial charge in [0.2, 0.25) is 5.91 Å². The Kier molecular flexibility index (Phi) is 5.23. The van der Waals surface area contributed by atoms with Crippen molar-refractivity contribution >= 4 is 33.4 Å². The Bertz CT molecular complexity index is 1050. The van der Waals surface area contributed by atoms with E-state index < -0.39 is 51.5 Å². The number of carbonyl (C=O) groups excluding carboxylic acids is 2. The summed E-state index contributed by atoms with van der Waals surface area (Å²) in [5, 5.41) is 4.31. The lowest BCUT2D eigenvalue weighted by Crippen LogP contribution is -2.39. The molecule has 0 spiro atoms. The van der Waals surface area contributed by atoms with Crippen molar-refractivity contribution < 1.29 is 31.2 Å². The maximum Gasteiger partial charge on any atom is 0.256 e. The molecule has 2 N–H and O–H groups in total. The number of rotatable bonds is 4. The van der Waals surface area contributed by atoms with E-state index in [1.807, 2.05) is 5.32 Å². The SMILES string of the molecule is O=C(CNC(=O)C1=CN2CCS(=O)(=O)N=C2C=C1)Nc1ccc(F)c(F)c1F. The van der Waals surface area contributed by atoms with Gasteiger partial charge in [-0.1, -0.05) is 0 Å². The zero-order valence-corrected chi connectivity index (χ0v) is 14.9. The summed E-state index contributed by atoms with van der Waals surface area (Å²) in [6, 6.07) is 1.51. The Balaban J connectivity index is 1.59. The quantitative estimate of drug-likeness (QED) is 0.704. The lowest BCUT2D eigenvalue weighted by atomic mass is 10.2. The molecule has 0 bridgehead atoms. The first-order valence-corrected chi connectivity index (χ1v) is 9.48. The maximum atomic E-state index is 13.5. The molecular weight excluding hydrogens is 401 g/mol. The van der Waals surface area contributed by atoms with Crippen LogP contribution in [-0.4, -0.2) is 49.8 Å². The van der Waals surface area contributed by atoms with E-state index in [9.17, 15) is 31.2 Å². The molecule has 1 aromatic rings. The van der Waals surface area contributed by atoms with Gasteiger partial charge in [0.05, 0.1) is 23.6 Å². The van der Waals surface area contributed by atoms with E-state index in [1.165, 1.54) is 23.3 Å². The molecule has 8 nitrogen and oxygen atoms in total. The smallest absolute Gasteiger partial charge is 0.256 e. The standard InChI is InChI=1S/C16H13F3N4O4S/c17-10-2-3-11(15(19)14(10)18)21-13(24)7-20-16(25)9-1-4-12-22-28(26,27)6-5-23(12)8-9/h1-4,8H,5-7H2,(H,20,25)(H,21,24). The molecule has 0 aliphatic carbocycles. The molecule has 0 unspecified atom stereocenters. The number of hydrogen-bond donors (Lipinski definition) is 2. The van der Waals surface area contributed by atoms with Crippen LogP contribution in [0.3, 0.4) is 0 Å². The second-order valence-electron chi connectivity index (χ2n) is 5.80. The summed E-state index contributed by atoms with van der Waals surface area (Å²) < 4.78 is 66.0. The number of nitrogens with zero attached hydrogens (tertiary/aromatic N) is 2. The highest BCUT2D eigenvalue weighted by Gasteiger charge is 2.25. The number of sulfonamides is 1. The lowest BCUT2D eigenvalue weighted by molar-refractivity contribution is -0.121. The van der Waals surface area contributed by atoms with Crippen molar-refractivity contribution in [3.63, 3.8) is 0 Å². The van der Waals surface area contributed by atoms with Gasteiger partial charge in [-0.3, -0.25) is 9.59 Å². The third-order valence-corrected chi connectivity index (χ3v) is 4.97. The second kappa shape index (κ2) is 7.46. The van der Waals surface area contributed by atoms with E-state index in [-0.39, 0.29) is 23.7 Å². The van der Waals surface area contributed by atoms with Crippen LogP contribution >= 0.6 is 0 Å². The van der Waals surface area contributed by atoms with Crippen LogP contribution < -0.4 is 10.6 Å². The molecule has 0 aromatic heterocycles. The highest BCUT2D eigenvalue weighted by molar-refractivity contribution is 7.90. The topological polar surface area (TPSA) is 108 Å². The van der Waals surface area contributed by atoms with E-state index in [0.29, 0.717) is 6.07 Å². The molecule has 2 amide bonds. The van der Waals surface area contributed by atoms with Gasteiger partial charge in [-0.2, -0.15) is 0 Å². The molecule has 0 saturated heterocycles. The number of anilines is 1. The fourth-order valence-electron chi connectivity index (χ4n) is 2.41. The molecule has 12 heteroatoms. The van der Waals surface area contributed by atoms with Crippen LogP contribution in [-0.2, 0) is 19.6 Å². The highest BCUT2D eigenvalue weighted by atomic mass is 32.2. The maximum absolute atomic E-state index is 13.5. The van der Waals surface area contributed by atoms with Gasteiger partial charge < -0.3 is 15.5 Å². The first-order valence-electron chi connectivity index (χ1n) is 7.87. The summed E-state index contributed by atoms with van der Waals surface area (Å²) in [7, 11) is -3.52. The number of benzene rings is 1.